The number of anilines is 1. The van der Waals surface area contributed by atoms with E-state index in [-0.39, 0.29) is 24.0 Å². The molecule has 2 rings (SSSR count). The van der Waals surface area contributed by atoms with Gasteiger partial charge in [0.15, 0.2) is 11.1 Å². The van der Waals surface area contributed by atoms with Crippen molar-refractivity contribution in [3.8, 4) is 0 Å². The molecule has 0 amide bonds. The van der Waals surface area contributed by atoms with Gasteiger partial charge in [-0.25, -0.2) is 4.98 Å². The SMILES string of the molecule is COCCOCCCN=C(N)N1CCN(c2nccs2)CC1.I. The van der Waals surface area contributed by atoms with Crippen LogP contribution < -0.4 is 10.6 Å². The monoisotopic (exact) mass is 455 g/mol. The summed E-state index contributed by atoms with van der Waals surface area (Å²) in [7, 11) is 1.67. The molecule has 1 aromatic heterocycles. The van der Waals surface area contributed by atoms with E-state index < -0.39 is 0 Å². The van der Waals surface area contributed by atoms with Crippen molar-refractivity contribution < 1.29 is 9.47 Å². The molecule has 1 aliphatic rings. The maximum atomic E-state index is 6.06. The first-order chi connectivity index (χ1) is 10.8. The molecule has 0 saturated carbocycles. The van der Waals surface area contributed by atoms with Gasteiger partial charge < -0.3 is 25.0 Å². The van der Waals surface area contributed by atoms with Crippen molar-refractivity contribution in [2.45, 2.75) is 6.42 Å². The zero-order chi connectivity index (χ0) is 15.6. The van der Waals surface area contributed by atoms with Crippen LogP contribution in [0.25, 0.3) is 0 Å². The average Bonchev–Trinajstić information content (AvgIpc) is 3.08. The largest absolute Gasteiger partial charge is 0.382 e. The molecule has 0 radical (unpaired) electrons. The van der Waals surface area contributed by atoms with E-state index in [2.05, 4.69) is 19.8 Å². The lowest BCUT2D eigenvalue weighted by molar-refractivity contribution is 0.0702. The number of ether oxygens (including phenoxy) is 2. The van der Waals surface area contributed by atoms with Crippen molar-refractivity contribution in [3.05, 3.63) is 11.6 Å². The Morgan fingerprint density at radius 3 is 2.74 bits per heavy atom. The summed E-state index contributed by atoms with van der Waals surface area (Å²) in [6, 6.07) is 0. The van der Waals surface area contributed by atoms with E-state index in [0.29, 0.717) is 32.3 Å². The lowest BCUT2D eigenvalue weighted by atomic mass is 10.3. The number of nitrogens with zero attached hydrogens (tertiary/aromatic N) is 4. The van der Waals surface area contributed by atoms with E-state index in [9.17, 15) is 0 Å². The number of hydrogen-bond acceptors (Lipinski definition) is 6. The van der Waals surface area contributed by atoms with Crippen LogP contribution in [0.4, 0.5) is 5.13 Å². The van der Waals surface area contributed by atoms with Gasteiger partial charge in [0, 0.05) is 58.0 Å². The molecule has 1 saturated heterocycles. The fourth-order valence-electron chi connectivity index (χ4n) is 2.20. The van der Waals surface area contributed by atoms with Crippen LogP contribution in [-0.4, -0.2) is 75.5 Å². The number of thiazole rings is 1. The Balaban J connectivity index is 0.00000264. The molecular weight excluding hydrogens is 429 g/mol. The number of nitrogens with two attached hydrogens (primary N) is 1. The second-order valence-corrected chi connectivity index (χ2v) is 5.86. The van der Waals surface area contributed by atoms with Gasteiger partial charge in [0.05, 0.1) is 13.2 Å². The molecule has 2 heterocycles. The van der Waals surface area contributed by atoms with Gasteiger partial charge in [-0.15, -0.1) is 35.3 Å². The second kappa shape index (κ2) is 11.8. The van der Waals surface area contributed by atoms with Gasteiger partial charge in [-0.2, -0.15) is 0 Å². The molecule has 0 bridgehead atoms. The van der Waals surface area contributed by atoms with E-state index in [1.807, 2.05) is 11.6 Å². The molecule has 1 aromatic rings. The molecule has 7 nitrogen and oxygen atoms in total. The minimum Gasteiger partial charge on any atom is -0.382 e. The second-order valence-electron chi connectivity index (χ2n) is 4.99. The van der Waals surface area contributed by atoms with E-state index >= 15 is 0 Å². The summed E-state index contributed by atoms with van der Waals surface area (Å²) in [6.45, 7) is 6.30. The molecular formula is C14H26IN5O2S. The number of halogens is 1. The number of methoxy groups -OCH3 is 1. The maximum Gasteiger partial charge on any atom is 0.191 e. The summed E-state index contributed by atoms with van der Waals surface area (Å²) in [6.07, 6.45) is 2.72. The highest BCUT2D eigenvalue weighted by atomic mass is 127. The topological polar surface area (TPSA) is 76.2 Å². The average molecular weight is 455 g/mol. The minimum atomic E-state index is 0. The Labute approximate surface area is 158 Å². The lowest BCUT2D eigenvalue weighted by Gasteiger charge is -2.35. The summed E-state index contributed by atoms with van der Waals surface area (Å²) < 4.78 is 10.3. The highest BCUT2D eigenvalue weighted by molar-refractivity contribution is 14.0. The van der Waals surface area contributed by atoms with Crippen LogP contribution in [0.3, 0.4) is 0 Å². The quantitative estimate of drug-likeness (QED) is 0.275. The summed E-state index contributed by atoms with van der Waals surface area (Å²) in [5, 5.41) is 3.09. The standard InChI is InChI=1S/C14H25N5O2S.HI/c1-20-10-11-21-9-2-3-16-13(15)18-5-7-19(8-6-18)14-17-4-12-22-14;/h4,12H,2-3,5-11H2,1H3,(H2,15,16);1H. The predicted octanol–water partition coefficient (Wildman–Crippen LogP) is 1.25. The maximum absolute atomic E-state index is 6.06. The van der Waals surface area contributed by atoms with Crippen molar-refractivity contribution in [1.82, 2.24) is 9.88 Å². The van der Waals surface area contributed by atoms with Crippen LogP contribution in [0.15, 0.2) is 16.6 Å². The number of piperazine rings is 1. The third kappa shape index (κ3) is 7.19. The van der Waals surface area contributed by atoms with Crippen molar-refractivity contribution in [3.63, 3.8) is 0 Å². The van der Waals surface area contributed by atoms with Gasteiger partial charge in [-0.1, -0.05) is 0 Å². The third-order valence-corrected chi connectivity index (χ3v) is 4.28. The molecule has 23 heavy (non-hydrogen) atoms. The molecule has 0 spiro atoms. The van der Waals surface area contributed by atoms with Gasteiger partial charge in [0.25, 0.3) is 0 Å². The van der Waals surface area contributed by atoms with Crippen LogP contribution in [0, 0.1) is 0 Å². The normalized spacial score (nSPS) is 15.6. The van der Waals surface area contributed by atoms with E-state index in [1.54, 1.807) is 18.4 Å². The first-order valence-corrected chi connectivity index (χ1v) is 8.45. The third-order valence-electron chi connectivity index (χ3n) is 3.45. The molecule has 0 atom stereocenters. The Hall–Kier alpha value is -0.650. The summed E-state index contributed by atoms with van der Waals surface area (Å²) in [5.74, 6) is 0.635. The van der Waals surface area contributed by atoms with Crippen molar-refractivity contribution >= 4 is 46.4 Å². The van der Waals surface area contributed by atoms with Crippen LogP contribution in [0.5, 0.6) is 0 Å². The summed E-state index contributed by atoms with van der Waals surface area (Å²) in [4.78, 5) is 13.2. The lowest BCUT2D eigenvalue weighted by Crippen LogP contribution is -2.51. The number of hydrogen-bond donors (Lipinski definition) is 1. The number of guanidine groups is 1. The highest BCUT2D eigenvalue weighted by Gasteiger charge is 2.19. The smallest absolute Gasteiger partial charge is 0.191 e. The van der Waals surface area contributed by atoms with Crippen LogP contribution in [0.1, 0.15) is 6.42 Å². The fourth-order valence-corrected chi connectivity index (χ4v) is 2.90. The van der Waals surface area contributed by atoms with Crippen LogP contribution in [-0.2, 0) is 9.47 Å². The molecule has 132 valence electrons. The fraction of sp³-hybridized carbons (Fsp3) is 0.714. The van der Waals surface area contributed by atoms with Crippen molar-refractivity contribution in [1.29, 1.82) is 0 Å². The first kappa shape index (κ1) is 20.4. The molecule has 1 aliphatic heterocycles. The Bertz CT molecular complexity index is 438. The predicted molar refractivity (Wildman–Crippen MR) is 105 cm³/mol. The minimum absolute atomic E-state index is 0. The Kier molecular flexibility index (Phi) is 10.5. The van der Waals surface area contributed by atoms with E-state index in [1.165, 1.54) is 0 Å². The number of aromatic nitrogens is 1. The molecule has 1 fully saturated rings. The Morgan fingerprint density at radius 2 is 2.09 bits per heavy atom. The van der Waals surface area contributed by atoms with Crippen LogP contribution >= 0.6 is 35.3 Å². The van der Waals surface area contributed by atoms with Gasteiger partial charge in [0.1, 0.15) is 0 Å². The van der Waals surface area contributed by atoms with Gasteiger partial charge in [-0.3, -0.25) is 4.99 Å². The van der Waals surface area contributed by atoms with Crippen molar-refractivity contribution in [2.24, 2.45) is 10.7 Å². The molecule has 9 heteroatoms. The van der Waals surface area contributed by atoms with Gasteiger partial charge in [0.2, 0.25) is 0 Å². The van der Waals surface area contributed by atoms with Gasteiger partial charge in [-0.05, 0) is 6.42 Å². The molecule has 2 N–H and O–H groups in total. The molecule has 0 aliphatic carbocycles. The zero-order valence-electron chi connectivity index (χ0n) is 13.5. The Morgan fingerprint density at radius 1 is 1.30 bits per heavy atom. The molecule has 0 unspecified atom stereocenters. The summed E-state index contributed by atoms with van der Waals surface area (Å²) >= 11 is 1.68. The van der Waals surface area contributed by atoms with Crippen molar-refractivity contribution in [2.75, 3.05) is 64.6 Å². The number of aliphatic imine (C=N–C) groups is 1. The van der Waals surface area contributed by atoms with Gasteiger partial charge >= 0.3 is 0 Å². The van der Waals surface area contributed by atoms with Crippen LogP contribution in [0.2, 0.25) is 0 Å². The number of rotatable bonds is 8. The van der Waals surface area contributed by atoms with E-state index in [4.69, 9.17) is 15.2 Å². The van der Waals surface area contributed by atoms with E-state index in [0.717, 1.165) is 37.7 Å². The molecule has 0 aromatic carbocycles. The highest BCUT2D eigenvalue weighted by Crippen LogP contribution is 2.18. The zero-order valence-corrected chi connectivity index (χ0v) is 16.7. The first-order valence-electron chi connectivity index (χ1n) is 7.57. The summed E-state index contributed by atoms with van der Waals surface area (Å²) in [5.41, 5.74) is 6.06.